The molecule has 7 heteroatoms. The molecule has 4 rings (SSSR count). The number of fused-ring (bicyclic) bond motifs is 1. The summed E-state index contributed by atoms with van der Waals surface area (Å²) in [5, 5.41) is 2.16. The van der Waals surface area contributed by atoms with Crippen molar-refractivity contribution < 1.29 is 28.7 Å². The van der Waals surface area contributed by atoms with Gasteiger partial charge in [0.1, 0.15) is 6.10 Å². The fraction of sp³-hybridized carbons (Fsp3) is 0.455. The van der Waals surface area contributed by atoms with E-state index < -0.39 is 47.6 Å². The van der Waals surface area contributed by atoms with Crippen molar-refractivity contribution in [3.05, 3.63) is 11.6 Å². The van der Waals surface area contributed by atoms with Crippen LogP contribution in [0, 0.1) is 17.8 Å². The van der Waals surface area contributed by atoms with Crippen LogP contribution < -0.4 is 5.32 Å². The molecule has 0 saturated carbocycles. The van der Waals surface area contributed by atoms with Gasteiger partial charge in [0, 0.05) is 0 Å². The van der Waals surface area contributed by atoms with E-state index in [1.54, 1.807) is 0 Å². The third-order valence-corrected chi connectivity index (χ3v) is 3.55. The van der Waals surface area contributed by atoms with E-state index >= 15 is 0 Å². The molecule has 0 aromatic heterocycles. The third kappa shape index (κ3) is 1.18. The van der Waals surface area contributed by atoms with Crippen molar-refractivity contribution in [2.24, 2.45) is 17.8 Å². The molecule has 2 unspecified atom stereocenters. The van der Waals surface area contributed by atoms with Crippen LogP contribution in [0.15, 0.2) is 11.6 Å². The summed E-state index contributed by atoms with van der Waals surface area (Å²) in [5.41, 5.74) is 0.133. The van der Waals surface area contributed by atoms with E-state index in [-0.39, 0.29) is 5.57 Å². The summed E-state index contributed by atoms with van der Waals surface area (Å²) >= 11 is 0. The van der Waals surface area contributed by atoms with Crippen LogP contribution in [0.4, 0.5) is 0 Å². The maximum absolute atomic E-state index is 11.7. The maximum atomic E-state index is 11.7. The van der Waals surface area contributed by atoms with E-state index in [1.165, 1.54) is 13.2 Å². The Balaban J connectivity index is 2.08. The molecule has 18 heavy (non-hydrogen) atoms. The minimum Gasteiger partial charge on any atom is -0.466 e. The molecule has 0 aromatic rings. The number of rotatable bonds is 1. The molecule has 7 nitrogen and oxygen atoms in total. The Morgan fingerprint density at radius 2 is 1.94 bits per heavy atom. The predicted molar refractivity (Wildman–Crippen MR) is 53.6 cm³/mol. The second-order valence-corrected chi connectivity index (χ2v) is 4.40. The molecule has 1 aliphatic carbocycles. The molecule has 2 saturated heterocycles. The van der Waals surface area contributed by atoms with E-state index in [0.29, 0.717) is 0 Å². The maximum Gasteiger partial charge on any atom is 0.337 e. The molecule has 0 aromatic carbocycles. The highest BCUT2D eigenvalue weighted by molar-refractivity contribution is 6.10. The highest BCUT2D eigenvalue weighted by Crippen LogP contribution is 2.44. The van der Waals surface area contributed by atoms with Crippen molar-refractivity contribution in [2.75, 3.05) is 7.11 Å². The number of esters is 2. The average molecular weight is 251 g/mol. The van der Waals surface area contributed by atoms with Crippen LogP contribution in [0.25, 0.3) is 0 Å². The van der Waals surface area contributed by atoms with Gasteiger partial charge in [-0.3, -0.25) is 19.7 Å². The Morgan fingerprint density at radius 3 is 2.61 bits per heavy atom. The standard InChI is InChI=1S/C11H9NO6/c1-17-10(15)4-2-3-5-6(7(4)18-11(3)16)9(14)12-8(5)13/h2-3,5-7H,1H3,(H,12,13,14)/t3-,5?,6?,7-/m0/s1. The molecule has 2 amide bonds. The van der Waals surface area contributed by atoms with Gasteiger partial charge in [0.25, 0.3) is 0 Å². The summed E-state index contributed by atoms with van der Waals surface area (Å²) in [5.74, 6) is -4.71. The normalized spacial score (nSPS) is 36.7. The van der Waals surface area contributed by atoms with Crippen LogP contribution in [0.3, 0.4) is 0 Å². The smallest absolute Gasteiger partial charge is 0.337 e. The van der Waals surface area contributed by atoms with Gasteiger partial charge in [0.2, 0.25) is 11.8 Å². The number of nitrogens with one attached hydrogen (secondary N) is 1. The van der Waals surface area contributed by atoms with Crippen LogP contribution in [-0.4, -0.2) is 37.0 Å². The first-order valence-corrected chi connectivity index (χ1v) is 5.40. The lowest BCUT2D eigenvalue weighted by Gasteiger charge is -2.39. The number of carbonyl (C=O) groups is 4. The van der Waals surface area contributed by atoms with Gasteiger partial charge in [-0.15, -0.1) is 0 Å². The van der Waals surface area contributed by atoms with Crippen LogP contribution in [0.5, 0.6) is 0 Å². The van der Waals surface area contributed by atoms with E-state index in [9.17, 15) is 19.2 Å². The van der Waals surface area contributed by atoms with Crippen LogP contribution in [-0.2, 0) is 28.7 Å². The molecule has 3 heterocycles. The number of hydrogen-bond acceptors (Lipinski definition) is 6. The molecule has 4 aliphatic rings. The first-order valence-electron chi connectivity index (χ1n) is 5.40. The quantitative estimate of drug-likeness (QED) is 0.451. The Labute approximate surface area is 101 Å². The Bertz CT molecular complexity index is 522. The highest BCUT2D eigenvalue weighted by Gasteiger charge is 2.61. The van der Waals surface area contributed by atoms with Crippen molar-refractivity contribution in [3.8, 4) is 0 Å². The SMILES string of the molecule is COC(=O)C1=C[C@@H]2C(=O)O[C@@H]1C1C(=O)NC(=O)C12. The van der Waals surface area contributed by atoms with Gasteiger partial charge in [-0.1, -0.05) is 6.08 Å². The summed E-state index contributed by atoms with van der Waals surface area (Å²) in [6.45, 7) is 0. The lowest BCUT2D eigenvalue weighted by Crippen LogP contribution is -2.52. The summed E-state index contributed by atoms with van der Waals surface area (Å²) in [7, 11) is 1.20. The lowest BCUT2D eigenvalue weighted by molar-refractivity contribution is -0.171. The molecule has 0 radical (unpaired) electrons. The van der Waals surface area contributed by atoms with Crippen molar-refractivity contribution in [3.63, 3.8) is 0 Å². The second-order valence-electron chi connectivity index (χ2n) is 4.40. The van der Waals surface area contributed by atoms with Crippen molar-refractivity contribution in [2.45, 2.75) is 6.10 Å². The first kappa shape index (κ1) is 10.9. The van der Waals surface area contributed by atoms with Crippen LogP contribution in [0.1, 0.15) is 0 Å². The first-order chi connectivity index (χ1) is 8.54. The number of hydrogen-bond donors (Lipinski definition) is 1. The highest BCUT2D eigenvalue weighted by atomic mass is 16.6. The van der Waals surface area contributed by atoms with E-state index in [2.05, 4.69) is 10.1 Å². The second kappa shape index (κ2) is 3.41. The number of amides is 2. The minimum atomic E-state index is -1.02. The predicted octanol–water partition coefficient (Wildman–Crippen LogP) is -1.47. The molecule has 4 atom stereocenters. The van der Waals surface area contributed by atoms with Gasteiger partial charge in [0.15, 0.2) is 0 Å². The topological polar surface area (TPSA) is 98.8 Å². The van der Waals surface area contributed by atoms with Crippen molar-refractivity contribution >= 4 is 23.8 Å². The zero-order valence-electron chi connectivity index (χ0n) is 9.34. The average Bonchev–Trinajstić information content (AvgIpc) is 2.66. The Hall–Kier alpha value is -2.18. The summed E-state index contributed by atoms with van der Waals surface area (Å²) in [4.78, 5) is 46.4. The summed E-state index contributed by atoms with van der Waals surface area (Å²) in [6, 6.07) is 0. The zero-order valence-corrected chi connectivity index (χ0v) is 9.34. The molecular formula is C11H9NO6. The monoisotopic (exact) mass is 251 g/mol. The summed E-state index contributed by atoms with van der Waals surface area (Å²) in [6.07, 6.45) is 0.355. The molecule has 3 aliphatic heterocycles. The Kier molecular flexibility index (Phi) is 2.07. The molecular weight excluding hydrogens is 242 g/mol. The largest absolute Gasteiger partial charge is 0.466 e. The lowest BCUT2D eigenvalue weighted by atomic mass is 9.70. The van der Waals surface area contributed by atoms with Gasteiger partial charge in [-0.05, 0) is 0 Å². The third-order valence-electron chi connectivity index (χ3n) is 3.55. The van der Waals surface area contributed by atoms with Crippen molar-refractivity contribution in [1.82, 2.24) is 5.32 Å². The fourth-order valence-electron chi connectivity index (χ4n) is 2.77. The van der Waals surface area contributed by atoms with Gasteiger partial charge < -0.3 is 9.47 Å². The summed E-state index contributed by atoms with van der Waals surface area (Å²) < 4.78 is 9.61. The fourth-order valence-corrected chi connectivity index (χ4v) is 2.77. The van der Waals surface area contributed by atoms with E-state index in [4.69, 9.17) is 4.74 Å². The number of imide groups is 1. The molecule has 2 fully saturated rings. The van der Waals surface area contributed by atoms with Gasteiger partial charge >= 0.3 is 11.9 Å². The van der Waals surface area contributed by atoms with Gasteiger partial charge in [0.05, 0.1) is 30.4 Å². The van der Waals surface area contributed by atoms with E-state index in [1.807, 2.05) is 0 Å². The number of ether oxygens (including phenoxy) is 2. The molecule has 94 valence electrons. The number of carbonyl (C=O) groups excluding carboxylic acids is 4. The van der Waals surface area contributed by atoms with Crippen molar-refractivity contribution in [1.29, 1.82) is 0 Å². The minimum absolute atomic E-state index is 0.133. The van der Waals surface area contributed by atoms with Gasteiger partial charge in [-0.2, -0.15) is 0 Å². The zero-order chi connectivity index (χ0) is 13.0. The van der Waals surface area contributed by atoms with Crippen LogP contribution >= 0.6 is 0 Å². The van der Waals surface area contributed by atoms with E-state index in [0.717, 1.165) is 0 Å². The molecule has 0 spiro atoms. The van der Waals surface area contributed by atoms with Gasteiger partial charge in [-0.25, -0.2) is 4.79 Å². The molecule has 1 N–H and O–H groups in total. The number of methoxy groups -OCH3 is 1. The Morgan fingerprint density at radius 1 is 1.28 bits per heavy atom. The molecule has 2 bridgehead atoms. The van der Waals surface area contributed by atoms with Crippen LogP contribution in [0.2, 0.25) is 0 Å².